The van der Waals surface area contributed by atoms with Crippen molar-refractivity contribution in [3.8, 4) is 11.1 Å². The van der Waals surface area contributed by atoms with Crippen molar-refractivity contribution in [2.75, 3.05) is 5.32 Å². The molecule has 2 aromatic carbocycles. The van der Waals surface area contributed by atoms with E-state index < -0.39 is 0 Å². The number of carbonyl (C=O) groups excluding carboxylic acids is 1. The van der Waals surface area contributed by atoms with Crippen molar-refractivity contribution in [1.82, 2.24) is 15.0 Å². The van der Waals surface area contributed by atoms with Gasteiger partial charge < -0.3 is 5.32 Å². The third kappa shape index (κ3) is 3.21. The molecule has 0 saturated heterocycles. The molecule has 4 rings (SSSR count). The third-order valence-corrected chi connectivity index (χ3v) is 3.90. The van der Waals surface area contributed by atoms with Gasteiger partial charge in [0.15, 0.2) is 0 Å². The number of pyridine rings is 1. The van der Waals surface area contributed by atoms with Crippen molar-refractivity contribution >= 4 is 28.8 Å². The molecule has 0 aliphatic carbocycles. The van der Waals surface area contributed by atoms with Crippen molar-refractivity contribution in [2.45, 2.75) is 0 Å². The highest BCUT2D eigenvalue weighted by atomic mass is 16.1. The van der Waals surface area contributed by atoms with Crippen molar-refractivity contribution in [1.29, 1.82) is 0 Å². The van der Waals surface area contributed by atoms with E-state index >= 15 is 0 Å². The molecule has 0 aliphatic rings. The molecule has 0 saturated carbocycles. The maximum Gasteiger partial charge on any atom is 0.227 e. The number of carbonyl (C=O) groups is 1. The van der Waals surface area contributed by atoms with E-state index in [0.717, 1.165) is 34.0 Å². The molecule has 120 valence electrons. The lowest BCUT2D eigenvalue weighted by Crippen LogP contribution is -1.97. The molecule has 25 heavy (non-hydrogen) atoms. The Balaban J connectivity index is 1.63. The predicted molar refractivity (Wildman–Crippen MR) is 97.9 cm³/mol. The normalized spacial score (nSPS) is 10.6. The SMILES string of the molecule is O=Cc1ccc(Nc2ncc3cc(-c4ccncc4)ccc3n2)cc1. The number of nitrogens with one attached hydrogen (secondary N) is 1. The molecule has 5 nitrogen and oxygen atoms in total. The molecule has 2 heterocycles. The minimum Gasteiger partial charge on any atom is -0.324 e. The summed E-state index contributed by atoms with van der Waals surface area (Å²) in [5, 5.41) is 4.12. The highest BCUT2D eigenvalue weighted by Crippen LogP contribution is 2.24. The average molecular weight is 326 g/mol. The summed E-state index contributed by atoms with van der Waals surface area (Å²) < 4.78 is 0. The van der Waals surface area contributed by atoms with Gasteiger partial charge in [-0.05, 0) is 59.7 Å². The largest absolute Gasteiger partial charge is 0.324 e. The molecule has 2 aromatic heterocycles. The molecule has 0 unspecified atom stereocenters. The molecule has 0 bridgehead atoms. The molecular formula is C20H14N4O. The summed E-state index contributed by atoms with van der Waals surface area (Å²) in [5.41, 5.74) is 4.53. The van der Waals surface area contributed by atoms with Crippen LogP contribution in [0.15, 0.2) is 73.2 Å². The molecule has 0 fully saturated rings. The zero-order chi connectivity index (χ0) is 17.1. The maximum absolute atomic E-state index is 10.7. The lowest BCUT2D eigenvalue weighted by Gasteiger charge is -2.07. The fourth-order valence-electron chi connectivity index (χ4n) is 2.59. The summed E-state index contributed by atoms with van der Waals surface area (Å²) in [5.74, 6) is 0.517. The van der Waals surface area contributed by atoms with Crippen LogP contribution in [0.1, 0.15) is 10.4 Å². The highest BCUT2D eigenvalue weighted by molar-refractivity contribution is 5.84. The second kappa shape index (κ2) is 6.49. The molecule has 1 N–H and O–H groups in total. The van der Waals surface area contributed by atoms with Crippen LogP contribution >= 0.6 is 0 Å². The molecule has 4 aromatic rings. The first kappa shape index (κ1) is 15.0. The number of benzene rings is 2. The van der Waals surface area contributed by atoms with E-state index in [0.29, 0.717) is 11.5 Å². The van der Waals surface area contributed by atoms with Crippen LogP contribution in [-0.4, -0.2) is 21.2 Å². The zero-order valence-corrected chi connectivity index (χ0v) is 13.3. The van der Waals surface area contributed by atoms with Crippen molar-refractivity contribution in [3.63, 3.8) is 0 Å². The summed E-state index contributed by atoms with van der Waals surface area (Å²) in [6.07, 6.45) is 6.17. The van der Waals surface area contributed by atoms with Crippen LogP contribution in [0.5, 0.6) is 0 Å². The molecule has 0 aliphatic heterocycles. The van der Waals surface area contributed by atoms with Crippen molar-refractivity contribution in [2.24, 2.45) is 0 Å². The summed E-state index contributed by atoms with van der Waals surface area (Å²) >= 11 is 0. The topological polar surface area (TPSA) is 67.8 Å². The highest BCUT2D eigenvalue weighted by Gasteiger charge is 2.04. The first-order valence-electron chi connectivity index (χ1n) is 7.81. The Bertz CT molecular complexity index is 1030. The number of rotatable bonds is 4. The minimum absolute atomic E-state index is 0.517. The first-order valence-corrected chi connectivity index (χ1v) is 7.81. The quantitative estimate of drug-likeness (QED) is 0.568. The van der Waals surface area contributed by atoms with Gasteiger partial charge in [0, 0.05) is 35.2 Å². The fourth-order valence-corrected chi connectivity index (χ4v) is 2.59. The standard InChI is InChI=1S/C20H14N4O/c25-13-14-1-4-18(5-2-14)23-20-22-12-17-11-16(3-6-19(17)24-20)15-7-9-21-10-8-15/h1-13H,(H,22,23,24). The van der Waals surface area contributed by atoms with E-state index in [4.69, 9.17) is 0 Å². The van der Waals surface area contributed by atoms with E-state index in [1.165, 1.54) is 0 Å². The molecule has 0 atom stereocenters. The summed E-state index contributed by atoms with van der Waals surface area (Å²) in [7, 11) is 0. The van der Waals surface area contributed by atoms with Crippen molar-refractivity contribution < 1.29 is 4.79 Å². The Morgan fingerprint density at radius 2 is 1.68 bits per heavy atom. The Hall–Kier alpha value is -3.60. The number of aromatic nitrogens is 3. The van der Waals surface area contributed by atoms with Gasteiger partial charge in [0.2, 0.25) is 5.95 Å². The van der Waals surface area contributed by atoms with E-state index in [2.05, 4.69) is 26.3 Å². The summed E-state index contributed by atoms with van der Waals surface area (Å²) in [6, 6.07) is 17.2. The predicted octanol–water partition coefficient (Wildman–Crippen LogP) is 4.25. The smallest absolute Gasteiger partial charge is 0.227 e. The molecule has 0 spiro atoms. The second-order valence-electron chi connectivity index (χ2n) is 5.57. The van der Waals surface area contributed by atoms with Crippen LogP contribution in [0.2, 0.25) is 0 Å². The fraction of sp³-hybridized carbons (Fsp3) is 0. The number of hydrogen-bond donors (Lipinski definition) is 1. The van der Waals surface area contributed by atoms with E-state index in [9.17, 15) is 4.79 Å². The first-order chi connectivity index (χ1) is 12.3. The lowest BCUT2D eigenvalue weighted by atomic mass is 10.1. The number of fused-ring (bicyclic) bond motifs is 1. The Kier molecular flexibility index (Phi) is 3.88. The van der Waals surface area contributed by atoms with Gasteiger partial charge >= 0.3 is 0 Å². The number of anilines is 2. The van der Waals surface area contributed by atoms with Crippen LogP contribution in [0.25, 0.3) is 22.0 Å². The molecule has 0 radical (unpaired) electrons. The monoisotopic (exact) mass is 326 g/mol. The minimum atomic E-state index is 0.517. The van der Waals surface area contributed by atoms with E-state index in [1.807, 2.05) is 36.4 Å². The Morgan fingerprint density at radius 1 is 0.880 bits per heavy atom. The number of aldehydes is 1. The third-order valence-electron chi connectivity index (χ3n) is 3.90. The maximum atomic E-state index is 10.7. The van der Waals surface area contributed by atoms with Gasteiger partial charge in [0.25, 0.3) is 0 Å². The number of nitrogens with zero attached hydrogens (tertiary/aromatic N) is 3. The average Bonchev–Trinajstić information content (AvgIpc) is 2.69. The lowest BCUT2D eigenvalue weighted by molar-refractivity contribution is 0.112. The van der Waals surface area contributed by atoms with Crippen LogP contribution < -0.4 is 5.32 Å². The van der Waals surface area contributed by atoms with Crippen LogP contribution in [0.4, 0.5) is 11.6 Å². The van der Waals surface area contributed by atoms with Crippen LogP contribution in [0, 0.1) is 0 Å². The Morgan fingerprint density at radius 3 is 2.44 bits per heavy atom. The Labute approximate surface area is 144 Å². The van der Waals surface area contributed by atoms with Gasteiger partial charge in [-0.2, -0.15) is 0 Å². The van der Waals surface area contributed by atoms with E-state index in [1.54, 1.807) is 30.7 Å². The molecule has 5 heteroatoms. The van der Waals surface area contributed by atoms with Crippen LogP contribution in [-0.2, 0) is 0 Å². The van der Waals surface area contributed by atoms with Crippen molar-refractivity contribution in [3.05, 3.63) is 78.8 Å². The van der Waals surface area contributed by atoms with Gasteiger partial charge in [-0.1, -0.05) is 6.07 Å². The molecular weight excluding hydrogens is 312 g/mol. The van der Waals surface area contributed by atoms with Gasteiger partial charge in [-0.3, -0.25) is 9.78 Å². The zero-order valence-electron chi connectivity index (χ0n) is 13.3. The van der Waals surface area contributed by atoms with E-state index in [-0.39, 0.29) is 0 Å². The second-order valence-corrected chi connectivity index (χ2v) is 5.57. The number of hydrogen-bond acceptors (Lipinski definition) is 5. The van der Waals surface area contributed by atoms with Gasteiger partial charge in [-0.15, -0.1) is 0 Å². The van der Waals surface area contributed by atoms with Crippen LogP contribution in [0.3, 0.4) is 0 Å². The van der Waals surface area contributed by atoms with Gasteiger partial charge in [-0.25, -0.2) is 9.97 Å². The van der Waals surface area contributed by atoms with Gasteiger partial charge in [0.05, 0.1) is 5.52 Å². The summed E-state index contributed by atoms with van der Waals surface area (Å²) in [4.78, 5) is 23.7. The molecule has 0 amide bonds. The van der Waals surface area contributed by atoms with Gasteiger partial charge in [0.1, 0.15) is 6.29 Å². The summed E-state index contributed by atoms with van der Waals surface area (Å²) in [6.45, 7) is 0.